The smallest absolute Gasteiger partial charge is 0.116 e. The van der Waals surface area contributed by atoms with Crippen molar-refractivity contribution in [1.82, 2.24) is 0 Å². The molecule has 0 radical (unpaired) electrons. The van der Waals surface area contributed by atoms with Crippen molar-refractivity contribution in [3.05, 3.63) is 51.1 Å². The third-order valence-corrected chi connectivity index (χ3v) is 3.60. The molecule has 0 saturated carbocycles. The van der Waals surface area contributed by atoms with E-state index < -0.39 is 0 Å². The topological polar surface area (TPSA) is 20.2 Å². The lowest BCUT2D eigenvalue weighted by atomic mass is 9.95. The number of benzene rings is 2. The summed E-state index contributed by atoms with van der Waals surface area (Å²) < 4.78 is 1.23. The Morgan fingerprint density at radius 1 is 1.00 bits per heavy atom. The van der Waals surface area contributed by atoms with E-state index in [9.17, 15) is 5.11 Å². The van der Waals surface area contributed by atoms with Crippen LogP contribution < -0.4 is 0 Å². The lowest BCUT2D eigenvalue weighted by molar-refractivity contribution is 0.474. The van der Waals surface area contributed by atoms with Crippen LogP contribution in [0.4, 0.5) is 0 Å². The standard InChI is InChI=1S/C14H13IO/c1-9-7-11(16)8-10(2)14(9)12-5-3-4-6-13(12)15/h3-8,16H,1-2H3. The summed E-state index contributed by atoms with van der Waals surface area (Å²) in [6.45, 7) is 4.07. The maximum Gasteiger partial charge on any atom is 0.116 e. The maximum absolute atomic E-state index is 9.53. The highest BCUT2D eigenvalue weighted by molar-refractivity contribution is 14.1. The van der Waals surface area contributed by atoms with Crippen LogP contribution in [0.1, 0.15) is 11.1 Å². The third kappa shape index (κ3) is 2.07. The molecule has 2 aromatic rings. The fourth-order valence-electron chi connectivity index (χ4n) is 2.03. The number of hydrogen-bond donors (Lipinski definition) is 1. The van der Waals surface area contributed by atoms with E-state index in [0.29, 0.717) is 5.75 Å². The Bertz CT molecular complexity index is 509. The van der Waals surface area contributed by atoms with E-state index in [0.717, 1.165) is 11.1 Å². The Hall–Kier alpha value is -1.03. The minimum absolute atomic E-state index is 0.338. The van der Waals surface area contributed by atoms with Crippen LogP contribution in [0.15, 0.2) is 36.4 Å². The molecule has 0 heterocycles. The van der Waals surface area contributed by atoms with Crippen molar-refractivity contribution in [1.29, 1.82) is 0 Å². The predicted molar refractivity (Wildman–Crippen MR) is 75.7 cm³/mol. The van der Waals surface area contributed by atoms with Crippen molar-refractivity contribution in [2.45, 2.75) is 13.8 Å². The van der Waals surface area contributed by atoms with E-state index in [-0.39, 0.29) is 0 Å². The maximum atomic E-state index is 9.53. The normalized spacial score (nSPS) is 10.4. The Morgan fingerprint density at radius 3 is 2.12 bits per heavy atom. The molecule has 0 fully saturated rings. The Labute approximate surface area is 109 Å². The average Bonchev–Trinajstić information content (AvgIpc) is 2.19. The molecule has 2 heteroatoms. The SMILES string of the molecule is Cc1cc(O)cc(C)c1-c1ccccc1I. The average molecular weight is 324 g/mol. The molecule has 82 valence electrons. The van der Waals surface area contributed by atoms with Crippen molar-refractivity contribution in [2.75, 3.05) is 0 Å². The number of phenolic OH excluding ortho intramolecular Hbond substituents is 1. The number of halogens is 1. The van der Waals surface area contributed by atoms with Gasteiger partial charge < -0.3 is 5.11 Å². The minimum atomic E-state index is 0.338. The lowest BCUT2D eigenvalue weighted by Crippen LogP contribution is -1.90. The van der Waals surface area contributed by atoms with Crippen molar-refractivity contribution in [3.8, 4) is 16.9 Å². The summed E-state index contributed by atoms with van der Waals surface area (Å²) in [5, 5.41) is 9.53. The van der Waals surface area contributed by atoms with Gasteiger partial charge in [0.25, 0.3) is 0 Å². The molecule has 16 heavy (non-hydrogen) atoms. The molecule has 0 spiro atoms. The molecular weight excluding hydrogens is 311 g/mol. The summed E-state index contributed by atoms with van der Waals surface area (Å²) in [6, 6.07) is 11.9. The van der Waals surface area contributed by atoms with Gasteiger partial charge >= 0.3 is 0 Å². The van der Waals surface area contributed by atoms with Crippen molar-refractivity contribution >= 4 is 22.6 Å². The first kappa shape index (κ1) is 11.5. The number of rotatable bonds is 1. The summed E-state index contributed by atoms with van der Waals surface area (Å²) in [5.41, 5.74) is 4.68. The molecule has 0 aromatic heterocycles. The van der Waals surface area contributed by atoms with Crippen LogP contribution in [0.5, 0.6) is 5.75 Å². The van der Waals surface area contributed by atoms with Gasteiger partial charge in [-0.25, -0.2) is 0 Å². The number of hydrogen-bond acceptors (Lipinski definition) is 1. The second-order valence-electron chi connectivity index (χ2n) is 3.93. The summed E-state index contributed by atoms with van der Waals surface area (Å²) in [4.78, 5) is 0. The van der Waals surface area contributed by atoms with E-state index >= 15 is 0 Å². The van der Waals surface area contributed by atoms with Gasteiger partial charge in [0.05, 0.1) is 0 Å². The number of aromatic hydroxyl groups is 1. The fourth-order valence-corrected chi connectivity index (χ4v) is 2.69. The second kappa shape index (κ2) is 4.45. The highest BCUT2D eigenvalue weighted by Gasteiger charge is 2.09. The molecule has 0 aliphatic heterocycles. The van der Waals surface area contributed by atoms with Crippen LogP contribution in [-0.2, 0) is 0 Å². The Balaban J connectivity index is 2.70. The molecular formula is C14H13IO. The van der Waals surface area contributed by atoms with Gasteiger partial charge in [-0.2, -0.15) is 0 Å². The lowest BCUT2D eigenvalue weighted by Gasteiger charge is -2.12. The molecule has 0 saturated heterocycles. The van der Waals surface area contributed by atoms with Gasteiger partial charge in [-0.15, -0.1) is 0 Å². The molecule has 0 bridgehead atoms. The van der Waals surface area contributed by atoms with Gasteiger partial charge in [0.1, 0.15) is 5.75 Å². The zero-order valence-electron chi connectivity index (χ0n) is 9.29. The zero-order valence-corrected chi connectivity index (χ0v) is 11.4. The van der Waals surface area contributed by atoms with Crippen LogP contribution in [0, 0.1) is 17.4 Å². The number of aryl methyl sites for hydroxylation is 2. The van der Waals surface area contributed by atoms with Crippen molar-refractivity contribution in [2.24, 2.45) is 0 Å². The summed E-state index contributed by atoms with van der Waals surface area (Å²) in [6.07, 6.45) is 0. The summed E-state index contributed by atoms with van der Waals surface area (Å²) in [5.74, 6) is 0.338. The molecule has 1 nitrogen and oxygen atoms in total. The summed E-state index contributed by atoms with van der Waals surface area (Å²) >= 11 is 2.34. The first-order chi connectivity index (χ1) is 7.59. The van der Waals surface area contributed by atoms with Gasteiger partial charge in [-0.3, -0.25) is 0 Å². The van der Waals surface area contributed by atoms with Gasteiger partial charge in [0.2, 0.25) is 0 Å². The van der Waals surface area contributed by atoms with Crippen LogP contribution >= 0.6 is 22.6 Å². The van der Waals surface area contributed by atoms with Gasteiger partial charge in [0, 0.05) is 3.57 Å². The molecule has 0 atom stereocenters. The van der Waals surface area contributed by atoms with Crippen LogP contribution in [-0.4, -0.2) is 5.11 Å². The van der Waals surface area contributed by atoms with Gasteiger partial charge in [-0.1, -0.05) is 18.2 Å². The van der Waals surface area contributed by atoms with Crippen LogP contribution in [0.25, 0.3) is 11.1 Å². The minimum Gasteiger partial charge on any atom is -0.508 e. The third-order valence-electron chi connectivity index (χ3n) is 2.66. The Kier molecular flexibility index (Phi) is 3.19. The van der Waals surface area contributed by atoms with E-state index in [2.05, 4.69) is 34.7 Å². The van der Waals surface area contributed by atoms with Gasteiger partial charge in [-0.05, 0) is 76.9 Å². The molecule has 0 unspecified atom stereocenters. The highest BCUT2D eigenvalue weighted by Crippen LogP contribution is 2.33. The van der Waals surface area contributed by atoms with E-state index in [1.54, 1.807) is 0 Å². The number of phenols is 1. The molecule has 2 rings (SSSR count). The van der Waals surface area contributed by atoms with E-state index in [1.807, 2.05) is 38.1 Å². The first-order valence-electron chi connectivity index (χ1n) is 5.14. The fraction of sp³-hybridized carbons (Fsp3) is 0.143. The monoisotopic (exact) mass is 324 g/mol. The molecule has 0 aliphatic rings. The zero-order chi connectivity index (χ0) is 11.7. The highest BCUT2D eigenvalue weighted by atomic mass is 127. The molecule has 2 aromatic carbocycles. The van der Waals surface area contributed by atoms with E-state index in [4.69, 9.17) is 0 Å². The quantitative estimate of drug-likeness (QED) is 0.776. The first-order valence-corrected chi connectivity index (χ1v) is 6.22. The molecule has 1 N–H and O–H groups in total. The van der Waals surface area contributed by atoms with Gasteiger partial charge in [0.15, 0.2) is 0 Å². The summed E-state index contributed by atoms with van der Waals surface area (Å²) in [7, 11) is 0. The van der Waals surface area contributed by atoms with Crippen molar-refractivity contribution in [3.63, 3.8) is 0 Å². The largest absolute Gasteiger partial charge is 0.508 e. The molecule has 0 amide bonds. The van der Waals surface area contributed by atoms with Crippen LogP contribution in [0.3, 0.4) is 0 Å². The molecule has 0 aliphatic carbocycles. The predicted octanol–water partition coefficient (Wildman–Crippen LogP) is 4.28. The Morgan fingerprint density at radius 2 is 1.56 bits per heavy atom. The van der Waals surface area contributed by atoms with E-state index in [1.165, 1.54) is 14.7 Å². The van der Waals surface area contributed by atoms with Crippen molar-refractivity contribution < 1.29 is 5.11 Å². The van der Waals surface area contributed by atoms with Crippen LogP contribution in [0.2, 0.25) is 0 Å². The second-order valence-corrected chi connectivity index (χ2v) is 5.10.